The largest absolute Gasteiger partial charge is 0.361 e. The molecule has 29 heavy (non-hydrogen) atoms. The monoisotopic (exact) mass is 384 g/mol. The Morgan fingerprint density at radius 3 is 2.72 bits per heavy atom. The molecule has 1 fully saturated rings. The number of benzene rings is 2. The number of fused-ring (bicyclic) bond motifs is 1. The van der Waals surface area contributed by atoms with Crippen LogP contribution in [0.4, 0.5) is 0 Å². The van der Waals surface area contributed by atoms with Gasteiger partial charge in [0.05, 0.1) is 18.4 Å². The maximum atomic E-state index is 13.5. The minimum absolute atomic E-state index is 0.0313. The number of carbonyl (C=O) groups excluding carboxylic acids is 1. The van der Waals surface area contributed by atoms with Crippen LogP contribution < -0.4 is 0 Å². The molecule has 0 spiro atoms. The smallest absolute Gasteiger partial charge is 0.255 e. The van der Waals surface area contributed by atoms with E-state index < -0.39 is 0 Å². The predicted octanol–water partition coefficient (Wildman–Crippen LogP) is 4.57. The summed E-state index contributed by atoms with van der Waals surface area (Å²) in [6, 6.07) is 15.7. The molecule has 1 aliphatic heterocycles. The van der Waals surface area contributed by atoms with Gasteiger partial charge in [0.1, 0.15) is 11.5 Å². The molecule has 0 radical (unpaired) electrons. The van der Waals surface area contributed by atoms with Gasteiger partial charge in [-0.3, -0.25) is 4.79 Å². The summed E-state index contributed by atoms with van der Waals surface area (Å²) in [6.45, 7) is 2.59. The Bertz CT molecular complexity index is 1190. The molecule has 1 amide bonds. The average Bonchev–Trinajstić information content (AvgIpc) is 3.42. The third-order valence-corrected chi connectivity index (χ3v) is 5.55. The normalized spacial score (nSPS) is 16.4. The minimum Gasteiger partial charge on any atom is -0.361 e. The van der Waals surface area contributed by atoms with Crippen molar-refractivity contribution in [1.29, 1.82) is 0 Å². The van der Waals surface area contributed by atoms with Crippen molar-refractivity contribution in [3.63, 3.8) is 0 Å². The summed E-state index contributed by atoms with van der Waals surface area (Å²) in [6.07, 6.45) is 5.28. The number of carbonyl (C=O) groups is 1. The van der Waals surface area contributed by atoms with E-state index in [1.54, 1.807) is 12.4 Å². The number of hydrogen-bond donors (Lipinski definition) is 0. The van der Waals surface area contributed by atoms with Gasteiger partial charge in [0.15, 0.2) is 0 Å². The Balaban J connectivity index is 1.58. The second-order valence-electron chi connectivity index (χ2n) is 7.36. The fourth-order valence-corrected chi connectivity index (χ4v) is 4.20. The standard InChI is InChI=1S/C23H20N4O2/c1-15-13-21(26-29-15)22-7-4-12-27(22)23(28)20-9-8-17(16-10-11-24-25-14-16)18-5-2-3-6-19(18)20/h2-3,5-6,8-11,13-14,22H,4,7,12H2,1H3. The number of nitrogens with zero attached hydrogens (tertiary/aromatic N) is 4. The lowest BCUT2D eigenvalue weighted by Gasteiger charge is -2.24. The molecular weight excluding hydrogens is 364 g/mol. The van der Waals surface area contributed by atoms with Crippen LogP contribution in [0.3, 0.4) is 0 Å². The van der Waals surface area contributed by atoms with Crippen LogP contribution >= 0.6 is 0 Å². The third-order valence-electron chi connectivity index (χ3n) is 5.55. The number of aromatic nitrogens is 3. The predicted molar refractivity (Wildman–Crippen MR) is 109 cm³/mol. The molecule has 5 rings (SSSR count). The van der Waals surface area contributed by atoms with Gasteiger partial charge >= 0.3 is 0 Å². The highest BCUT2D eigenvalue weighted by Gasteiger charge is 2.33. The van der Waals surface area contributed by atoms with Gasteiger partial charge in [0, 0.05) is 23.7 Å². The lowest BCUT2D eigenvalue weighted by Crippen LogP contribution is -2.30. The zero-order chi connectivity index (χ0) is 19.8. The molecule has 0 saturated carbocycles. The molecule has 3 heterocycles. The number of aryl methyl sites for hydroxylation is 1. The Kier molecular flexibility index (Phi) is 4.31. The summed E-state index contributed by atoms with van der Waals surface area (Å²) in [5.41, 5.74) is 3.56. The zero-order valence-corrected chi connectivity index (χ0v) is 16.1. The molecule has 4 aromatic rings. The second kappa shape index (κ2) is 7.13. The molecule has 2 aromatic carbocycles. The summed E-state index contributed by atoms with van der Waals surface area (Å²) in [7, 11) is 0. The van der Waals surface area contributed by atoms with Crippen LogP contribution in [0.1, 0.15) is 40.7 Å². The number of hydrogen-bond acceptors (Lipinski definition) is 5. The molecule has 1 saturated heterocycles. The van der Waals surface area contributed by atoms with E-state index in [1.165, 1.54) is 0 Å². The van der Waals surface area contributed by atoms with E-state index in [0.29, 0.717) is 5.56 Å². The van der Waals surface area contributed by atoms with E-state index in [-0.39, 0.29) is 11.9 Å². The first-order chi connectivity index (χ1) is 14.2. The average molecular weight is 384 g/mol. The lowest BCUT2D eigenvalue weighted by molar-refractivity contribution is 0.0733. The molecular formula is C23H20N4O2. The highest BCUT2D eigenvalue weighted by atomic mass is 16.5. The van der Waals surface area contributed by atoms with Gasteiger partial charge in [0.25, 0.3) is 5.91 Å². The summed E-state index contributed by atoms with van der Waals surface area (Å²) in [4.78, 5) is 15.5. The maximum absolute atomic E-state index is 13.5. The molecule has 2 aromatic heterocycles. The highest BCUT2D eigenvalue weighted by Crippen LogP contribution is 2.36. The van der Waals surface area contributed by atoms with Gasteiger partial charge in [-0.05, 0) is 48.2 Å². The fraction of sp³-hybridized carbons (Fsp3) is 0.217. The molecule has 144 valence electrons. The van der Waals surface area contributed by atoms with Crippen molar-refractivity contribution >= 4 is 16.7 Å². The van der Waals surface area contributed by atoms with Gasteiger partial charge in [-0.25, -0.2) is 0 Å². The Hall–Kier alpha value is -3.54. The van der Waals surface area contributed by atoms with Gasteiger partial charge in [-0.2, -0.15) is 10.2 Å². The van der Waals surface area contributed by atoms with Crippen LogP contribution in [0.2, 0.25) is 0 Å². The van der Waals surface area contributed by atoms with Crippen LogP contribution in [0.25, 0.3) is 21.9 Å². The van der Waals surface area contributed by atoms with Crippen LogP contribution in [-0.4, -0.2) is 32.7 Å². The van der Waals surface area contributed by atoms with Crippen molar-refractivity contribution in [3.05, 3.63) is 77.9 Å². The third kappa shape index (κ3) is 3.06. The highest BCUT2D eigenvalue weighted by molar-refractivity contribution is 6.11. The van der Waals surface area contributed by atoms with E-state index in [2.05, 4.69) is 15.4 Å². The zero-order valence-electron chi connectivity index (χ0n) is 16.1. The van der Waals surface area contributed by atoms with Gasteiger partial charge in [-0.1, -0.05) is 35.5 Å². The van der Waals surface area contributed by atoms with Crippen molar-refractivity contribution < 1.29 is 9.32 Å². The number of likely N-dealkylation sites (tertiary alicyclic amines) is 1. The second-order valence-corrected chi connectivity index (χ2v) is 7.36. The van der Waals surface area contributed by atoms with Crippen molar-refractivity contribution in [2.24, 2.45) is 0 Å². The molecule has 0 N–H and O–H groups in total. The fourth-order valence-electron chi connectivity index (χ4n) is 4.20. The molecule has 1 atom stereocenters. The SMILES string of the molecule is Cc1cc(C2CCCN2C(=O)c2ccc(-c3ccnnc3)c3ccccc23)no1. The molecule has 6 nitrogen and oxygen atoms in total. The number of amides is 1. The minimum atomic E-state index is -0.0391. The first-order valence-corrected chi connectivity index (χ1v) is 9.75. The van der Waals surface area contributed by atoms with E-state index >= 15 is 0 Å². The van der Waals surface area contributed by atoms with E-state index in [1.807, 2.05) is 60.4 Å². The van der Waals surface area contributed by atoms with E-state index in [9.17, 15) is 4.79 Å². The molecule has 1 aliphatic rings. The van der Waals surface area contributed by atoms with Crippen molar-refractivity contribution in [2.45, 2.75) is 25.8 Å². The van der Waals surface area contributed by atoms with Crippen molar-refractivity contribution in [3.8, 4) is 11.1 Å². The summed E-state index contributed by atoms with van der Waals surface area (Å²) in [5, 5.41) is 14.0. The summed E-state index contributed by atoms with van der Waals surface area (Å²) >= 11 is 0. The van der Waals surface area contributed by atoms with Gasteiger partial charge in [-0.15, -0.1) is 0 Å². The molecule has 6 heteroatoms. The Morgan fingerprint density at radius 2 is 1.97 bits per heavy atom. The number of rotatable bonds is 3. The Labute approximate surface area is 168 Å². The van der Waals surface area contributed by atoms with Crippen LogP contribution in [0.5, 0.6) is 0 Å². The topological polar surface area (TPSA) is 72.1 Å². The van der Waals surface area contributed by atoms with Crippen molar-refractivity contribution in [1.82, 2.24) is 20.3 Å². The first kappa shape index (κ1) is 17.6. The summed E-state index contributed by atoms with van der Waals surface area (Å²) in [5.74, 6) is 0.795. The Morgan fingerprint density at radius 1 is 1.10 bits per heavy atom. The van der Waals surface area contributed by atoms with Crippen LogP contribution in [0, 0.1) is 6.92 Å². The first-order valence-electron chi connectivity index (χ1n) is 9.75. The van der Waals surface area contributed by atoms with E-state index in [4.69, 9.17) is 4.52 Å². The quantitative estimate of drug-likeness (QED) is 0.517. The lowest BCUT2D eigenvalue weighted by atomic mass is 9.95. The molecule has 1 unspecified atom stereocenters. The van der Waals surface area contributed by atoms with E-state index in [0.717, 1.165) is 52.7 Å². The summed E-state index contributed by atoms with van der Waals surface area (Å²) < 4.78 is 5.25. The van der Waals surface area contributed by atoms with Crippen LogP contribution in [-0.2, 0) is 0 Å². The molecule has 0 bridgehead atoms. The van der Waals surface area contributed by atoms with Crippen molar-refractivity contribution in [2.75, 3.05) is 6.54 Å². The van der Waals surface area contributed by atoms with Gasteiger partial charge < -0.3 is 9.42 Å². The van der Waals surface area contributed by atoms with Crippen LogP contribution in [0.15, 0.2) is 65.4 Å². The molecule has 0 aliphatic carbocycles. The maximum Gasteiger partial charge on any atom is 0.255 e. The van der Waals surface area contributed by atoms with Gasteiger partial charge in [0.2, 0.25) is 0 Å².